The number of ether oxygens (including phenoxy) is 1. The van der Waals surface area contributed by atoms with Gasteiger partial charge in [0.05, 0.1) is 11.6 Å². The zero-order chi connectivity index (χ0) is 24.1. The van der Waals surface area contributed by atoms with E-state index in [-0.39, 0.29) is 17.4 Å². The maximum atomic E-state index is 14.7. The van der Waals surface area contributed by atoms with Crippen molar-refractivity contribution in [2.75, 3.05) is 6.54 Å². The molecule has 32 heavy (non-hydrogen) atoms. The lowest BCUT2D eigenvalue weighted by atomic mass is 9.73. The molecular weight excluding hydrogens is 490 g/mol. The largest absolute Gasteiger partial charge is 0.444 e. The van der Waals surface area contributed by atoms with Crippen LogP contribution in [0.2, 0.25) is 0 Å². The topological polar surface area (TPSA) is 29.5 Å². The van der Waals surface area contributed by atoms with E-state index >= 15 is 0 Å². The Kier molecular flexibility index (Phi) is 6.41. The second-order valence-corrected chi connectivity index (χ2v) is 10.2. The molecule has 1 heterocycles. The Morgan fingerprint density at radius 1 is 1.16 bits per heavy atom. The molecule has 0 aliphatic carbocycles. The van der Waals surface area contributed by atoms with Gasteiger partial charge in [-0.1, -0.05) is 48.0 Å². The number of nitrogens with zero attached hydrogens (tertiary/aromatic N) is 1. The first-order valence-corrected chi connectivity index (χ1v) is 11.3. The molecule has 2 aromatic carbocycles. The van der Waals surface area contributed by atoms with E-state index in [9.17, 15) is 22.4 Å². The molecule has 0 aromatic heterocycles. The van der Waals surface area contributed by atoms with Gasteiger partial charge in [0, 0.05) is 17.3 Å². The summed E-state index contributed by atoms with van der Waals surface area (Å²) in [5, 5.41) is 0.187. The Balaban J connectivity index is 2.32. The molecule has 8 heteroatoms. The van der Waals surface area contributed by atoms with Crippen molar-refractivity contribution in [3.05, 3.63) is 70.0 Å². The summed E-state index contributed by atoms with van der Waals surface area (Å²) >= 11 is 3.25. The third-order valence-electron chi connectivity index (χ3n) is 5.45. The molecule has 1 unspecified atom stereocenters. The summed E-state index contributed by atoms with van der Waals surface area (Å²) in [6.07, 6.45) is -5.34. The predicted octanol–water partition coefficient (Wildman–Crippen LogP) is 7.36. The van der Waals surface area contributed by atoms with Crippen molar-refractivity contribution >= 4 is 22.0 Å². The first kappa shape index (κ1) is 24.6. The summed E-state index contributed by atoms with van der Waals surface area (Å²) in [6.45, 7) is 8.84. The summed E-state index contributed by atoms with van der Waals surface area (Å²) in [5.41, 5.74) is -1.12. The predicted molar refractivity (Wildman–Crippen MR) is 118 cm³/mol. The van der Waals surface area contributed by atoms with Gasteiger partial charge in [0.25, 0.3) is 0 Å². The lowest BCUT2D eigenvalue weighted by Crippen LogP contribution is -2.50. The summed E-state index contributed by atoms with van der Waals surface area (Å²) in [5.74, 6) is -0.442. The molecule has 0 N–H and O–H groups in total. The smallest absolute Gasteiger partial charge is 0.416 e. The molecule has 1 atom stereocenters. The van der Waals surface area contributed by atoms with Gasteiger partial charge in [0.15, 0.2) is 0 Å². The van der Waals surface area contributed by atoms with Gasteiger partial charge in [0.1, 0.15) is 11.4 Å². The van der Waals surface area contributed by atoms with E-state index in [0.29, 0.717) is 16.7 Å². The third-order valence-corrected chi connectivity index (χ3v) is 6.06. The van der Waals surface area contributed by atoms with E-state index in [1.165, 1.54) is 29.2 Å². The number of rotatable bonds is 2. The average molecular weight is 516 g/mol. The molecule has 3 nitrogen and oxygen atoms in total. The van der Waals surface area contributed by atoms with E-state index < -0.39 is 40.7 Å². The Morgan fingerprint density at radius 2 is 1.78 bits per heavy atom. The van der Waals surface area contributed by atoms with Crippen LogP contribution in [0, 0.1) is 5.82 Å². The fraction of sp³-hybridized carbons (Fsp3) is 0.458. The summed E-state index contributed by atoms with van der Waals surface area (Å²) in [6, 6.07) is 7.03. The van der Waals surface area contributed by atoms with Gasteiger partial charge in [-0.25, -0.2) is 9.18 Å². The SMILES string of the molecule is CC(C)(C)OC(=O)N1CC(C)(C)c2cc(F)c(CBr)cc2C1c1ccccc1C(F)(F)F. The van der Waals surface area contributed by atoms with Crippen LogP contribution in [0.4, 0.5) is 22.4 Å². The van der Waals surface area contributed by atoms with Crippen molar-refractivity contribution in [3.63, 3.8) is 0 Å². The molecule has 1 aliphatic heterocycles. The summed E-state index contributed by atoms with van der Waals surface area (Å²) < 4.78 is 62.1. The van der Waals surface area contributed by atoms with E-state index in [2.05, 4.69) is 15.9 Å². The van der Waals surface area contributed by atoms with Crippen LogP contribution in [-0.4, -0.2) is 23.1 Å². The molecular formula is C24H26BrF4NO2. The van der Waals surface area contributed by atoms with E-state index in [0.717, 1.165) is 6.07 Å². The first-order chi connectivity index (χ1) is 14.7. The lowest BCUT2D eigenvalue weighted by Gasteiger charge is -2.46. The number of hydrogen-bond acceptors (Lipinski definition) is 2. The van der Waals surface area contributed by atoms with Crippen LogP contribution in [0.25, 0.3) is 0 Å². The highest BCUT2D eigenvalue weighted by Gasteiger charge is 2.45. The van der Waals surface area contributed by atoms with Crippen LogP contribution >= 0.6 is 15.9 Å². The Morgan fingerprint density at radius 3 is 2.34 bits per heavy atom. The molecule has 1 aliphatic rings. The maximum absolute atomic E-state index is 14.7. The molecule has 174 valence electrons. The fourth-order valence-corrected chi connectivity index (χ4v) is 4.57. The third kappa shape index (κ3) is 4.80. The molecule has 0 saturated carbocycles. The molecule has 2 aromatic rings. The average Bonchev–Trinajstić information content (AvgIpc) is 2.65. The number of fused-ring (bicyclic) bond motifs is 1. The number of halogens is 5. The minimum Gasteiger partial charge on any atom is -0.444 e. The molecule has 3 rings (SSSR count). The number of hydrogen-bond donors (Lipinski definition) is 0. The zero-order valence-corrected chi connectivity index (χ0v) is 20.2. The number of amides is 1. The second kappa shape index (κ2) is 8.36. The number of alkyl halides is 4. The molecule has 0 fully saturated rings. The van der Waals surface area contributed by atoms with Gasteiger partial charge < -0.3 is 4.74 Å². The minimum absolute atomic E-state index is 0.0683. The van der Waals surface area contributed by atoms with Crippen molar-refractivity contribution in [1.29, 1.82) is 0 Å². The van der Waals surface area contributed by atoms with E-state index in [4.69, 9.17) is 4.74 Å². The normalized spacial score (nSPS) is 18.3. The van der Waals surface area contributed by atoms with Crippen LogP contribution in [0.3, 0.4) is 0 Å². The van der Waals surface area contributed by atoms with Crippen LogP contribution < -0.4 is 0 Å². The van der Waals surface area contributed by atoms with E-state index in [1.54, 1.807) is 26.8 Å². The van der Waals surface area contributed by atoms with Gasteiger partial charge in [0.2, 0.25) is 0 Å². The Hall–Kier alpha value is -2.09. The highest BCUT2D eigenvalue weighted by atomic mass is 79.9. The van der Waals surface area contributed by atoms with Gasteiger partial charge in [-0.3, -0.25) is 4.90 Å². The van der Waals surface area contributed by atoms with Crippen molar-refractivity contribution in [3.8, 4) is 0 Å². The van der Waals surface area contributed by atoms with Crippen LogP contribution in [0.5, 0.6) is 0 Å². The summed E-state index contributed by atoms with van der Waals surface area (Å²) in [4.78, 5) is 14.5. The van der Waals surface area contributed by atoms with Gasteiger partial charge >= 0.3 is 12.3 Å². The van der Waals surface area contributed by atoms with Crippen LogP contribution in [0.15, 0.2) is 36.4 Å². The zero-order valence-electron chi connectivity index (χ0n) is 18.6. The number of carbonyl (C=O) groups excluding carboxylic acids is 1. The van der Waals surface area contributed by atoms with Crippen molar-refractivity contribution in [2.45, 2.75) is 63.2 Å². The van der Waals surface area contributed by atoms with Gasteiger partial charge in [-0.2, -0.15) is 13.2 Å². The first-order valence-electron chi connectivity index (χ1n) is 10.2. The molecule has 0 radical (unpaired) electrons. The fourth-order valence-electron chi connectivity index (χ4n) is 4.14. The van der Waals surface area contributed by atoms with Crippen molar-refractivity contribution in [2.24, 2.45) is 0 Å². The molecule has 0 bridgehead atoms. The highest BCUT2D eigenvalue weighted by molar-refractivity contribution is 9.08. The monoisotopic (exact) mass is 515 g/mol. The Labute approximate surface area is 193 Å². The molecule has 0 spiro atoms. The second-order valence-electron chi connectivity index (χ2n) is 9.64. The maximum Gasteiger partial charge on any atom is 0.416 e. The standard InChI is InChI=1S/C24H26BrF4NO2/c1-22(2,3)32-21(31)30-13-23(4,5)18-11-19(26)14(12-25)10-16(18)20(30)15-8-6-7-9-17(15)24(27,28)29/h6-11,20H,12-13H2,1-5H3. The van der Waals surface area contributed by atoms with E-state index in [1.807, 2.05) is 13.8 Å². The number of carbonyl (C=O) groups is 1. The van der Waals surface area contributed by atoms with Gasteiger partial charge in [-0.15, -0.1) is 0 Å². The molecule has 0 saturated heterocycles. The summed E-state index contributed by atoms with van der Waals surface area (Å²) in [7, 11) is 0. The van der Waals surface area contributed by atoms with Gasteiger partial charge in [-0.05, 0) is 61.2 Å². The lowest BCUT2D eigenvalue weighted by molar-refractivity contribution is -0.138. The quantitative estimate of drug-likeness (QED) is 0.309. The molecule has 1 amide bonds. The van der Waals surface area contributed by atoms with Crippen LogP contribution in [-0.2, 0) is 21.7 Å². The number of benzene rings is 2. The van der Waals surface area contributed by atoms with Crippen LogP contribution in [0.1, 0.15) is 68.5 Å². The highest BCUT2D eigenvalue weighted by Crippen LogP contribution is 2.47. The van der Waals surface area contributed by atoms with Crippen molar-refractivity contribution in [1.82, 2.24) is 4.90 Å². The minimum atomic E-state index is -4.62. The Bertz CT molecular complexity index is 1030. The van der Waals surface area contributed by atoms with Crippen molar-refractivity contribution < 1.29 is 27.1 Å².